The number of aromatic nitrogens is 2. The maximum atomic E-state index is 11.1. The van der Waals surface area contributed by atoms with Crippen LogP contribution in [0.3, 0.4) is 0 Å². The quantitative estimate of drug-likeness (QED) is 0.909. The van der Waals surface area contributed by atoms with E-state index in [2.05, 4.69) is 39.9 Å². The van der Waals surface area contributed by atoms with Crippen LogP contribution in [0.5, 0.6) is 0 Å². The summed E-state index contributed by atoms with van der Waals surface area (Å²) in [7, 11) is 0. The number of hydrogen-bond donors (Lipinski definition) is 2. The molecule has 1 aromatic heterocycles. The highest BCUT2D eigenvalue weighted by atomic mass is 16.2. The average molecular weight is 284 g/mol. The molecule has 5 nitrogen and oxygen atoms in total. The molecule has 2 N–H and O–H groups in total. The fraction of sp³-hybridized carbons (Fsp3) is 0.375. The largest absolute Gasteiger partial charge is 0.289 e. The highest BCUT2D eigenvalue weighted by Crippen LogP contribution is 2.29. The first kappa shape index (κ1) is 13.8. The Morgan fingerprint density at radius 3 is 2.52 bits per heavy atom. The highest BCUT2D eigenvalue weighted by molar-refractivity contribution is 5.72. The van der Waals surface area contributed by atoms with Crippen molar-refractivity contribution in [3.63, 3.8) is 0 Å². The predicted molar refractivity (Wildman–Crippen MR) is 81.4 cm³/mol. The van der Waals surface area contributed by atoms with Gasteiger partial charge in [0.1, 0.15) is 0 Å². The van der Waals surface area contributed by atoms with Gasteiger partial charge >= 0.3 is 0 Å². The van der Waals surface area contributed by atoms with E-state index < -0.39 is 0 Å². The van der Waals surface area contributed by atoms with Gasteiger partial charge in [-0.25, -0.2) is 5.01 Å². The molecule has 21 heavy (non-hydrogen) atoms. The Morgan fingerprint density at radius 2 is 1.95 bits per heavy atom. The monoisotopic (exact) mass is 284 g/mol. The maximum absolute atomic E-state index is 11.1. The minimum atomic E-state index is 0.0120. The lowest BCUT2D eigenvalue weighted by molar-refractivity contribution is -0.124. The summed E-state index contributed by atoms with van der Waals surface area (Å²) in [6.07, 6.45) is 5.89. The third-order valence-electron chi connectivity index (χ3n) is 4.02. The number of nitrogens with one attached hydrogen (secondary N) is 2. The molecule has 2 heterocycles. The van der Waals surface area contributed by atoms with E-state index in [9.17, 15) is 4.79 Å². The lowest BCUT2D eigenvalue weighted by atomic mass is 9.89. The summed E-state index contributed by atoms with van der Waals surface area (Å²) in [5, 5.41) is 8.83. The van der Waals surface area contributed by atoms with Crippen LogP contribution in [-0.4, -0.2) is 34.2 Å². The Morgan fingerprint density at radius 1 is 1.24 bits per heavy atom. The van der Waals surface area contributed by atoms with Gasteiger partial charge in [0.2, 0.25) is 5.91 Å². The lowest BCUT2D eigenvalue weighted by Gasteiger charge is -2.32. The van der Waals surface area contributed by atoms with Crippen LogP contribution < -0.4 is 5.43 Å². The Labute approximate surface area is 124 Å². The lowest BCUT2D eigenvalue weighted by Crippen LogP contribution is -2.45. The van der Waals surface area contributed by atoms with Gasteiger partial charge in [-0.2, -0.15) is 5.10 Å². The number of benzene rings is 1. The second-order valence-electron chi connectivity index (χ2n) is 5.54. The standard InChI is InChI=1S/C16H20N4O/c1-12(21)19-20-8-6-15(7-9-20)13-2-4-14(5-3-13)16-10-17-18-11-16/h2-5,10-11,15H,6-9H2,1H3,(H,17,18)(H,19,21). The molecule has 3 rings (SSSR count). The number of piperidine rings is 1. The third-order valence-corrected chi connectivity index (χ3v) is 4.02. The van der Waals surface area contributed by atoms with Crippen molar-refractivity contribution in [1.82, 2.24) is 20.6 Å². The molecule has 0 saturated carbocycles. The van der Waals surface area contributed by atoms with Gasteiger partial charge in [0.05, 0.1) is 6.20 Å². The number of rotatable bonds is 3. The summed E-state index contributed by atoms with van der Waals surface area (Å²) in [4.78, 5) is 11.1. The van der Waals surface area contributed by atoms with Gasteiger partial charge < -0.3 is 0 Å². The molecule has 110 valence electrons. The molecule has 1 amide bonds. The van der Waals surface area contributed by atoms with E-state index in [1.807, 2.05) is 17.4 Å². The molecular formula is C16H20N4O. The van der Waals surface area contributed by atoms with Crippen molar-refractivity contribution in [3.8, 4) is 11.1 Å². The van der Waals surface area contributed by atoms with Gasteiger partial charge in [-0.05, 0) is 29.9 Å². The van der Waals surface area contributed by atoms with E-state index >= 15 is 0 Å². The molecular weight excluding hydrogens is 264 g/mol. The number of hydrazine groups is 1. The van der Waals surface area contributed by atoms with Crippen LogP contribution in [0.15, 0.2) is 36.7 Å². The van der Waals surface area contributed by atoms with Crippen LogP contribution in [0.4, 0.5) is 0 Å². The van der Waals surface area contributed by atoms with Gasteiger partial charge in [0, 0.05) is 31.8 Å². The van der Waals surface area contributed by atoms with E-state index in [0.717, 1.165) is 31.5 Å². The van der Waals surface area contributed by atoms with E-state index in [-0.39, 0.29) is 5.91 Å². The fourth-order valence-corrected chi connectivity index (χ4v) is 2.90. The summed E-state index contributed by atoms with van der Waals surface area (Å²) >= 11 is 0. The normalized spacial score (nSPS) is 16.8. The molecule has 1 aliphatic rings. The van der Waals surface area contributed by atoms with Crippen LogP contribution >= 0.6 is 0 Å². The molecule has 0 radical (unpaired) electrons. The van der Waals surface area contributed by atoms with Gasteiger partial charge in [-0.1, -0.05) is 24.3 Å². The van der Waals surface area contributed by atoms with Crippen molar-refractivity contribution in [2.24, 2.45) is 0 Å². The zero-order valence-electron chi connectivity index (χ0n) is 12.2. The number of amides is 1. The van der Waals surface area contributed by atoms with Gasteiger partial charge in [-0.3, -0.25) is 15.3 Å². The molecule has 1 aromatic carbocycles. The number of carbonyl (C=O) groups excluding carboxylic acids is 1. The number of H-pyrrole nitrogens is 1. The van der Waals surface area contributed by atoms with E-state index in [1.54, 1.807) is 6.92 Å². The first-order valence-electron chi connectivity index (χ1n) is 7.33. The van der Waals surface area contributed by atoms with Gasteiger partial charge in [0.15, 0.2) is 0 Å². The van der Waals surface area contributed by atoms with Crippen LogP contribution in [-0.2, 0) is 4.79 Å². The molecule has 5 heteroatoms. The minimum Gasteiger partial charge on any atom is -0.289 e. The van der Waals surface area contributed by atoms with Crippen molar-refractivity contribution < 1.29 is 4.79 Å². The summed E-state index contributed by atoms with van der Waals surface area (Å²) in [5.74, 6) is 0.589. The Kier molecular flexibility index (Phi) is 4.01. The summed E-state index contributed by atoms with van der Waals surface area (Å²) in [6, 6.07) is 8.73. The average Bonchev–Trinajstić information content (AvgIpc) is 3.02. The molecule has 0 atom stereocenters. The Bertz CT molecular complexity index is 583. The molecule has 0 spiro atoms. The van der Waals surface area contributed by atoms with Crippen LogP contribution in [0.25, 0.3) is 11.1 Å². The summed E-state index contributed by atoms with van der Waals surface area (Å²) in [5.41, 5.74) is 6.54. The Balaban J connectivity index is 1.62. The minimum absolute atomic E-state index is 0.0120. The number of hydrogen-bond acceptors (Lipinski definition) is 3. The zero-order valence-corrected chi connectivity index (χ0v) is 12.2. The smallest absolute Gasteiger partial charge is 0.231 e. The molecule has 0 unspecified atom stereocenters. The van der Waals surface area contributed by atoms with Crippen molar-refractivity contribution in [3.05, 3.63) is 42.2 Å². The zero-order chi connectivity index (χ0) is 14.7. The first-order chi connectivity index (χ1) is 10.2. The van der Waals surface area contributed by atoms with Crippen molar-refractivity contribution in [2.45, 2.75) is 25.7 Å². The molecule has 1 saturated heterocycles. The molecule has 1 aliphatic heterocycles. The van der Waals surface area contributed by atoms with Crippen molar-refractivity contribution >= 4 is 5.91 Å². The summed E-state index contributed by atoms with van der Waals surface area (Å²) < 4.78 is 0. The number of nitrogens with zero attached hydrogens (tertiary/aromatic N) is 2. The van der Waals surface area contributed by atoms with Crippen LogP contribution in [0.1, 0.15) is 31.2 Å². The molecule has 1 fully saturated rings. The van der Waals surface area contributed by atoms with Crippen LogP contribution in [0, 0.1) is 0 Å². The number of carbonyl (C=O) groups is 1. The van der Waals surface area contributed by atoms with E-state index in [0.29, 0.717) is 5.92 Å². The first-order valence-corrected chi connectivity index (χ1v) is 7.33. The van der Waals surface area contributed by atoms with Gasteiger partial charge in [-0.15, -0.1) is 0 Å². The topological polar surface area (TPSA) is 61.0 Å². The maximum Gasteiger partial charge on any atom is 0.231 e. The third kappa shape index (κ3) is 3.31. The van der Waals surface area contributed by atoms with E-state index in [4.69, 9.17) is 0 Å². The van der Waals surface area contributed by atoms with Gasteiger partial charge in [0.25, 0.3) is 0 Å². The fourth-order valence-electron chi connectivity index (χ4n) is 2.90. The second kappa shape index (κ2) is 6.10. The molecule has 2 aromatic rings. The van der Waals surface area contributed by atoms with Crippen molar-refractivity contribution in [1.29, 1.82) is 0 Å². The predicted octanol–water partition coefficient (Wildman–Crippen LogP) is 2.31. The number of aromatic amines is 1. The van der Waals surface area contributed by atoms with Crippen LogP contribution in [0.2, 0.25) is 0 Å². The second-order valence-corrected chi connectivity index (χ2v) is 5.54. The summed E-state index contributed by atoms with van der Waals surface area (Å²) in [6.45, 7) is 3.38. The Hall–Kier alpha value is -2.14. The van der Waals surface area contributed by atoms with Crippen molar-refractivity contribution in [2.75, 3.05) is 13.1 Å². The molecule has 0 bridgehead atoms. The SMILES string of the molecule is CC(=O)NN1CCC(c2ccc(-c3cn[nH]c3)cc2)CC1. The molecule has 0 aliphatic carbocycles. The highest BCUT2D eigenvalue weighted by Gasteiger charge is 2.20. The van der Waals surface area contributed by atoms with E-state index in [1.165, 1.54) is 11.1 Å².